The lowest BCUT2D eigenvalue weighted by Gasteiger charge is -2.12. The van der Waals surface area contributed by atoms with Crippen LogP contribution < -0.4 is 4.74 Å². The van der Waals surface area contributed by atoms with E-state index < -0.39 is 34.1 Å². The highest BCUT2D eigenvalue weighted by Crippen LogP contribution is 2.27. The number of ketones is 1. The molecular formula is C10H9F2NO4. The van der Waals surface area contributed by atoms with E-state index in [2.05, 4.69) is 0 Å². The predicted molar refractivity (Wildman–Crippen MR) is 53.8 cm³/mol. The molecule has 7 heteroatoms. The third-order valence-electron chi connectivity index (χ3n) is 2.07. The van der Waals surface area contributed by atoms with Crippen LogP contribution in [0.3, 0.4) is 0 Å². The first-order chi connectivity index (χ1) is 7.82. The maximum absolute atomic E-state index is 13.3. The number of benzene rings is 1. The highest BCUT2D eigenvalue weighted by Gasteiger charge is 2.21. The van der Waals surface area contributed by atoms with Crippen LogP contribution in [0.5, 0.6) is 5.75 Å². The summed E-state index contributed by atoms with van der Waals surface area (Å²) in [7, 11) is 0. The van der Waals surface area contributed by atoms with Crippen molar-refractivity contribution >= 4 is 11.5 Å². The second kappa shape index (κ2) is 4.86. The van der Waals surface area contributed by atoms with Crippen LogP contribution in [0.1, 0.15) is 13.8 Å². The van der Waals surface area contributed by atoms with Crippen LogP contribution in [-0.4, -0.2) is 16.8 Å². The lowest BCUT2D eigenvalue weighted by Crippen LogP contribution is -2.21. The van der Waals surface area contributed by atoms with Gasteiger partial charge in [-0.3, -0.25) is 14.9 Å². The number of halogens is 2. The highest BCUT2D eigenvalue weighted by atomic mass is 19.1. The predicted octanol–water partition coefficient (Wildman–Crippen LogP) is 2.23. The number of nitro benzene ring substituents is 1. The fraction of sp³-hybridized carbons (Fsp3) is 0.300. The smallest absolute Gasteiger partial charge is 0.307 e. The number of rotatable bonds is 4. The van der Waals surface area contributed by atoms with Crippen LogP contribution in [0.2, 0.25) is 0 Å². The number of nitro groups is 1. The molecule has 0 saturated heterocycles. The molecule has 17 heavy (non-hydrogen) atoms. The van der Waals surface area contributed by atoms with Gasteiger partial charge in [-0.25, -0.2) is 4.39 Å². The minimum Gasteiger partial charge on any atom is -0.480 e. The largest absolute Gasteiger partial charge is 0.480 e. The fourth-order valence-electron chi connectivity index (χ4n) is 1.02. The Hall–Kier alpha value is -2.05. The SMILES string of the molecule is CC(=O)C(C)Oc1cc(F)c([N+](=O)[O-])cc1F. The number of carbonyl (C=O) groups excluding carboxylic acids is 1. The van der Waals surface area contributed by atoms with Gasteiger partial charge in [0, 0.05) is 6.07 Å². The Morgan fingerprint density at radius 2 is 2.00 bits per heavy atom. The Morgan fingerprint density at radius 3 is 2.47 bits per heavy atom. The molecule has 1 atom stereocenters. The summed E-state index contributed by atoms with van der Waals surface area (Å²) in [5, 5.41) is 10.3. The molecule has 0 aromatic heterocycles. The van der Waals surface area contributed by atoms with Crippen LogP contribution in [0.15, 0.2) is 12.1 Å². The van der Waals surface area contributed by atoms with Crippen molar-refractivity contribution in [1.29, 1.82) is 0 Å². The van der Waals surface area contributed by atoms with E-state index in [9.17, 15) is 23.7 Å². The van der Waals surface area contributed by atoms with E-state index in [1.807, 2.05) is 0 Å². The average Bonchev–Trinajstić information content (AvgIpc) is 2.22. The van der Waals surface area contributed by atoms with Crippen molar-refractivity contribution < 1.29 is 23.2 Å². The van der Waals surface area contributed by atoms with Gasteiger partial charge in [0.05, 0.1) is 11.0 Å². The van der Waals surface area contributed by atoms with Gasteiger partial charge in [0.1, 0.15) is 0 Å². The number of ether oxygens (including phenoxy) is 1. The van der Waals surface area contributed by atoms with Crippen LogP contribution in [0.4, 0.5) is 14.5 Å². The number of Topliss-reactive ketones (excluding diaryl/α,β-unsaturated/α-hetero) is 1. The Bertz CT molecular complexity index is 476. The van der Waals surface area contributed by atoms with E-state index in [4.69, 9.17) is 4.74 Å². The molecule has 0 heterocycles. The molecule has 0 radical (unpaired) electrons. The lowest BCUT2D eigenvalue weighted by molar-refractivity contribution is -0.387. The Labute approximate surface area is 95.2 Å². The first-order valence-electron chi connectivity index (χ1n) is 4.63. The van der Waals surface area contributed by atoms with Gasteiger partial charge in [-0.2, -0.15) is 4.39 Å². The second-order valence-electron chi connectivity index (χ2n) is 3.36. The molecular weight excluding hydrogens is 236 g/mol. The molecule has 1 rings (SSSR count). The molecule has 0 bridgehead atoms. The normalized spacial score (nSPS) is 12.0. The molecule has 1 aromatic carbocycles. The summed E-state index contributed by atoms with van der Waals surface area (Å²) in [6.07, 6.45) is -0.953. The molecule has 0 aliphatic rings. The van der Waals surface area contributed by atoms with E-state index in [0.717, 1.165) is 0 Å². The molecule has 0 spiro atoms. The average molecular weight is 245 g/mol. The first kappa shape index (κ1) is 13.0. The molecule has 92 valence electrons. The van der Waals surface area contributed by atoms with Gasteiger partial charge in [0.2, 0.25) is 5.82 Å². The first-order valence-corrected chi connectivity index (χ1v) is 4.63. The maximum Gasteiger partial charge on any atom is 0.307 e. The van der Waals surface area contributed by atoms with Crippen LogP contribution in [0.25, 0.3) is 0 Å². The topological polar surface area (TPSA) is 69.4 Å². The van der Waals surface area contributed by atoms with Crippen LogP contribution in [-0.2, 0) is 4.79 Å². The van der Waals surface area contributed by atoms with Crippen molar-refractivity contribution in [3.63, 3.8) is 0 Å². The number of nitrogens with zero attached hydrogens (tertiary/aromatic N) is 1. The van der Waals surface area contributed by atoms with Crippen LogP contribution >= 0.6 is 0 Å². The van der Waals surface area contributed by atoms with Crippen LogP contribution in [0, 0.1) is 21.7 Å². The Balaban J connectivity index is 3.08. The molecule has 0 amide bonds. The summed E-state index contributed by atoms with van der Waals surface area (Å²) in [5.74, 6) is -3.22. The van der Waals surface area contributed by atoms with E-state index in [1.54, 1.807) is 0 Å². The monoisotopic (exact) mass is 245 g/mol. The summed E-state index contributed by atoms with van der Waals surface area (Å²) < 4.78 is 31.3. The maximum atomic E-state index is 13.3. The molecule has 1 aromatic rings. The van der Waals surface area contributed by atoms with Crippen molar-refractivity contribution in [1.82, 2.24) is 0 Å². The third-order valence-corrected chi connectivity index (χ3v) is 2.07. The summed E-state index contributed by atoms with van der Waals surface area (Å²) in [4.78, 5) is 20.1. The summed E-state index contributed by atoms with van der Waals surface area (Å²) in [5.41, 5.74) is -0.981. The van der Waals surface area contributed by atoms with Crippen molar-refractivity contribution in [2.75, 3.05) is 0 Å². The van der Waals surface area contributed by atoms with Gasteiger partial charge >= 0.3 is 5.69 Å². The van der Waals surface area contributed by atoms with Crippen molar-refractivity contribution in [3.8, 4) is 5.75 Å². The minimum absolute atomic E-state index is 0.372. The highest BCUT2D eigenvalue weighted by molar-refractivity contribution is 5.80. The van der Waals surface area contributed by atoms with Crippen molar-refractivity contribution in [2.45, 2.75) is 20.0 Å². The molecule has 0 aliphatic carbocycles. The fourth-order valence-corrected chi connectivity index (χ4v) is 1.02. The van der Waals surface area contributed by atoms with E-state index in [1.165, 1.54) is 13.8 Å². The third kappa shape index (κ3) is 2.96. The Kier molecular flexibility index (Phi) is 3.72. The van der Waals surface area contributed by atoms with E-state index >= 15 is 0 Å². The Morgan fingerprint density at radius 1 is 1.41 bits per heavy atom. The zero-order valence-corrected chi connectivity index (χ0v) is 9.07. The van der Waals surface area contributed by atoms with E-state index in [-0.39, 0.29) is 5.78 Å². The molecule has 0 fully saturated rings. The van der Waals surface area contributed by atoms with Gasteiger partial charge in [-0.1, -0.05) is 0 Å². The van der Waals surface area contributed by atoms with Gasteiger partial charge in [-0.05, 0) is 13.8 Å². The number of hydrogen-bond donors (Lipinski definition) is 0. The molecule has 1 unspecified atom stereocenters. The van der Waals surface area contributed by atoms with Gasteiger partial charge in [-0.15, -0.1) is 0 Å². The van der Waals surface area contributed by atoms with Crippen molar-refractivity contribution in [2.24, 2.45) is 0 Å². The zero-order chi connectivity index (χ0) is 13.2. The second-order valence-corrected chi connectivity index (χ2v) is 3.36. The van der Waals surface area contributed by atoms with Gasteiger partial charge < -0.3 is 4.74 Å². The summed E-state index contributed by atoms with van der Waals surface area (Å²) in [6.45, 7) is 2.59. The summed E-state index contributed by atoms with van der Waals surface area (Å²) >= 11 is 0. The molecule has 0 aliphatic heterocycles. The van der Waals surface area contributed by atoms with Gasteiger partial charge in [0.15, 0.2) is 23.5 Å². The minimum atomic E-state index is -1.22. The summed E-state index contributed by atoms with van der Waals surface area (Å²) in [6, 6.07) is 0.963. The standard InChI is InChI=1S/C10H9F2NO4/c1-5(14)6(2)17-10-4-7(11)9(13(15)16)3-8(10)12/h3-4,6H,1-2H3. The lowest BCUT2D eigenvalue weighted by atomic mass is 10.2. The molecule has 0 saturated carbocycles. The van der Waals surface area contributed by atoms with Crippen molar-refractivity contribution in [3.05, 3.63) is 33.9 Å². The quantitative estimate of drug-likeness (QED) is 0.602. The number of hydrogen-bond acceptors (Lipinski definition) is 4. The van der Waals surface area contributed by atoms with E-state index in [0.29, 0.717) is 12.1 Å². The van der Waals surface area contributed by atoms with Gasteiger partial charge in [0.25, 0.3) is 0 Å². The molecule has 5 nitrogen and oxygen atoms in total. The number of carbonyl (C=O) groups is 1. The zero-order valence-electron chi connectivity index (χ0n) is 9.07. The molecule has 0 N–H and O–H groups in total.